The van der Waals surface area contributed by atoms with E-state index in [1.165, 1.54) is 6.21 Å². The predicted molar refractivity (Wildman–Crippen MR) is 123 cm³/mol. The fourth-order valence-corrected chi connectivity index (χ4v) is 4.01. The smallest absolute Gasteiger partial charge is 0.165 e. The highest BCUT2D eigenvalue weighted by Gasteiger charge is 2.26. The summed E-state index contributed by atoms with van der Waals surface area (Å²) in [4.78, 5) is 12.9. The normalized spacial score (nSPS) is 17.4. The minimum absolute atomic E-state index is 0.428. The van der Waals surface area contributed by atoms with Crippen molar-refractivity contribution in [2.45, 2.75) is 33.0 Å². The van der Waals surface area contributed by atoms with E-state index in [1.54, 1.807) is 12.3 Å². The monoisotopic (exact) mass is 430 g/mol. The number of allylic oxidation sites excluding steroid dienone is 1. The predicted octanol–water partition coefficient (Wildman–Crippen LogP) is 3.19. The molecule has 0 spiro atoms. The van der Waals surface area contributed by atoms with E-state index in [0.29, 0.717) is 16.6 Å². The second-order valence-electron chi connectivity index (χ2n) is 7.60. The van der Waals surface area contributed by atoms with Gasteiger partial charge in [-0.05, 0) is 50.0 Å². The van der Waals surface area contributed by atoms with E-state index in [-0.39, 0.29) is 0 Å². The van der Waals surface area contributed by atoms with Gasteiger partial charge >= 0.3 is 0 Å². The van der Waals surface area contributed by atoms with Crippen molar-refractivity contribution in [2.24, 2.45) is 5.92 Å². The summed E-state index contributed by atoms with van der Waals surface area (Å²) in [5, 5.41) is 22.1. The molecule has 3 N–H and O–H groups in total. The van der Waals surface area contributed by atoms with Crippen LogP contribution in [0.15, 0.2) is 30.6 Å². The summed E-state index contributed by atoms with van der Waals surface area (Å²) >= 11 is 5.99. The van der Waals surface area contributed by atoms with Crippen LogP contribution in [0.1, 0.15) is 32.3 Å². The largest absolute Gasteiger partial charge is 0.390 e. The Labute approximate surface area is 183 Å². The van der Waals surface area contributed by atoms with Crippen LogP contribution in [0.25, 0.3) is 16.6 Å². The summed E-state index contributed by atoms with van der Waals surface area (Å²) in [6.07, 6.45) is 6.55. The number of likely N-dealkylation sites (tertiary alicyclic amines) is 1. The molecule has 0 radical (unpaired) electrons. The first-order valence-corrected chi connectivity index (χ1v) is 11.0. The molecule has 8 heteroatoms. The van der Waals surface area contributed by atoms with Crippen LogP contribution in [-0.4, -0.2) is 70.2 Å². The molecule has 1 saturated heterocycles. The fourth-order valence-electron chi connectivity index (χ4n) is 3.85. The molecule has 0 saturated carbocycles. The Kier molecular flexibility index (Phi) is 8.16. The van der Waals surface area contributed by atoms with Gasteiger partial charge in [0.1, 0.15) is 5.15 Å². The molecule has 1 atom stereocenters. The van der Waals surface area contributed by atoms with Crippen LogP contribution in [0.2, 0.25) is 5.15 Å². The van der Waals surface area contributed by atoms with Gasteiger partial charge in [0.2, 0.25) is 0 Å². The molecule has 1 unspecified atom stereocenters. The number of fused-ring (bicyclic) bond motifs is 1. The number of aliphatic hydroxyl groups is 1. The van der Waals surface area contributed by atoms with Crippen molar-refractivity contribution in [3.05, 3.63) is 41.3 Å². The lowest BCUT2D eigenvalue weighted by Crippen LogP contribution is -2.51. The summed E-state index contributed by atoms with van der Waals surface area (Å²) in [7, 11) is 0. The highest BCUT2D eigenvalue weighted by atomic mass is 35.5. The minimum Gasteiger partial charge on any atom is -0.390 e. The zero-order valence-corrected chi connectivity index (χ0v) is 18.4. The summed E-state index contributed by atoms with van der Waals surface area (Å²) < 4.78 is 0. The van der Waals surface area contributed by atoms with Crippen molar-refractivity contribution in [3.63, 3.8) is 0 Å². The maximum atomic E-state index is 10.5. The number of nitrogens with one attached hydrogen (secondary N) is 2. The van der Waals surface area contributed by atoms with Crippen LogP contribution in [0.5, 0.6) is 0 Å². The Morgan fingerprint density at radius 2 is 2.07 bits per heavy atom. The van der Waals surface area contributed by atoms with Crippen LogP contribution in [0.4, 0.5) is 0 Å². The molecule has 30 heavy (non-hydrogen) atoms. The van der Waals surface area contributed by atoms with Crippen molar-refractivity contribution in [1.82, 2.24) is 25.1 Å². The first kappa shape index (κ1) is 22.6. The topological polar surface area (TPSA) is 88.4 Å². The third kappa shape index (κ3) is 5.55. The van der Waals surface area contributed by atoms with Crippen molar-refractivity contribution in [2.75, 3.05) is 32.7 Å². The fraction of sp³-hybridized carbons (Fsp3) is 0.500. The van der Waals surface area contributed by atoms with Gasteiger partial charge in [-0.15, -0.1) is 0 Å². The molecule has 0 bridgehead atoms. The molecule has 1 fully saturated rings. The van der Waals surface area contributed by atoms with Crippen molar-refractivity contribution < 1.29 is 5.11 Å². The van der Waals surface area contributed by atoms with Gasteiger partial charge in [-0.2, -0.15) is 0 Å². The minimum atomic E-state index is -0.485. The summed E-state index contributed by atoms with van der Waals surface area (Å²) in [5.41, 5.74) is 3.07. The van der Waals surface area contributed by atoms with E-state index in [9.17, 15) is 5.11 Å². The van der Waals surface area contributed by atoms with Gasteiger partial charge in [-0.25, -0.2) is 4.98 Å². The number of aliphatic hydroxyl groups excluding tert-OH is 1. The average molecular weight is 431 g/mol. The molecule has 3 rings (SSSR count). The Balaban J connectivity index is 1.55. The van der Waals surface area contributed by atoms with Crippen LogP contribution >= 0.6 is 11.6 Å². The molecule has 0 aromatic carbocycles. The number of aromatic nitrogens is 2. The first-order valence-electron chi connectivity index (χ1n) is 10.6. The van der Waals surface area contributed by atoms with E-state index < -0.39 is 6.35 Å². The summed E-state index contributed by atoms with van der Waals surface area (Å²) in [5.74, 6) is 0.545. The van der Waals surface area contributed by atoms with E-state index >= 15 is 0 Å². The molecule has 1 aliphatic heterocycles. The molecule has 2 aromatic heterocycles. The molecule has 3 heterocycles. The quantitative estimate of drug-likeness (QED) is 0.321. The second-order valence-corrected chi connectivity index (χ2v) is 7.98. The van der Waals surface area contributed by atoms with Crippen molar-refractivity contribution in [3.8, 4) is 0 Å². The number of rotatable bonds is 9. The molecular formula is C22H31ClN6O. The lowest BCUT2D eigenvalue weighted by Gasteiger charge is -2.39. The van der Waals surface area contributed by atoms with Gasteiger partial charge in [-0.1, -0.05) is 25.4 Å². The lowest BCUT2D eigenvalue weighted by molar-refractivity contribution is -0.118. The van der Waals surface area contributed by atoms with Gasteiger partial charge in [0.15, 0.2) is 6.35 Å². The first-order chi connectivity index (χ1) is 14.5. The summed E-state index contributed by atoms with van der Waals surface area (Å²) in [6.45, 7) is 8.48. The van der Waals surface area contributed by atoms with Gasteiger partial charge < -0.3 is 15.8 Å². The van der Waals surface area contributed by atoms with Gasteiger partial charge in [0.25, 0.3) is 0 Å². The third-order valence-electron chi connectivity index (χ3n) is 5.77. The van der Waals surface area contributed by atoms with E-state index in [0.717, 1.165) is 62.2 Å². The lowest BCUT2D eigenvalue weighted by atomic mass is 9.97. The van der Waals surface area contributed by atoms with Gasteiger partial charge in [-0.3, -0.25) is 14.8 Å². The number of hydrogen-bond acceptors (Lipinski definition) is 7. The Bertz CT molecular complexity index is 877. The van der Waals surface area contributed by atoms with Gasteiger partial charge in [0.05, 0.1) is 11.0 Å². The molecular weight excluding hydrogens is 400 g/mol. The Hall–Kier alpha value is -2.06. The number of nitrogens with zero attached hydrogens (tertiary/aromatic N) is 4. The number of pyridine rings is 2. The molecule has 0 amide bonds. The third-order valence-corrected chi connectivity index (χ3v) is 5.98. The van der Waals surface area contributed by atoms with E-state index in [1.807, 2.05) is 18.3 Å². The van der Waals surface area contributed by atoms with Crippen LogP contribution in [-0.2, 0) is 0 Å². The van der Waals surface area contributed by atoms with E-state index in [2.05, 4.69) is 38.9 Å². The van der Waals surface area contributed by atoms with Crippen LogP contribution < -0.4 is 5.32 Å². The number of piperidine rings is 1. The molecule has 2 aromatic rings. The highest BCUT2D eigenvalue weighted by molar-refractivity contribution is 6.29. The Morgan fingerprint density at radius 3 is 2.73 bits per heavy atom. The average Bonchev–Trinajstić information content (AvgIpc) is 2.77. The summed E-state index contributed by atoms with van der Waals surface area (Å²) in [6, 6.07) is 5.46. The van der Waals surface area contributed by atoms with Crippen molar-refractivity contribution >= 4 is 34.4 Å². The zero-order chi connectivity index (χ0) is 21.5. The van der Waals surface area contributed by atoms with E-state index in [4.69, 9.17) is 17.0 Å². The SMILES string of the molecule is CCN(CC)C(O)N1CCC(CN/C=C(\C=N)c2cnc3ccc(Cl)nc3c2)CC1. The molecule has 1 aliphatic rings. The molecule has 7 nitrogen and oxygen atoms in total. The number of hydrogen-bond donors (Lipinski definition) is 3. The maximum absolute atomic E-state index is 10.5. The van der Waals surface area contributed by atoms with Gasteiger partial charge in [0, 0.05) is 49.4 Å². The zero-order valence-electron chi connectivity index (χ0n) is 17.7. The second kappa shape index (κ2) is 10.8. The van der Waals surface area contributed by atoms with Crippen LogP contribution in [0.3, 0.4) is 0 Å². The van der Waals surface area contributed by atoms with Crippen molar-refractivity contribution in [1.29, 1.82) is 5.41 Å². The standard InChI is InChI=1S/C22H31ClN6O/c1-3-28(4-2)22(30)29-9-7-16(8-10-29)13-25-14-18(12-24)17-11-20-19(26-15-17)5-6-21(23)27-20/h5-6,11-12,14-16,22,24-25,30H,3-4,7-10,13H2,1-2H3/b18-14+,24-12?. The molecule has 162 valence electrons. The maximum Gasteiger partial charge on any atom is 0.165 e. The Morgan fingerprint density at radius 1 is 1.33 bits per heavy atom. The number of halogens is 1. The molecule has 0 aliphatic carbocycles. The highest BCUT2D eigenvalue weighted by Crippen LogP contribution is 2.20. The van der Waals surface area contributed by atoms with Crippen LogP contribution in [0, 0.1) is 11.3 Å².